The fraction of sp³-hybridized carbons (Fsp3) is 0.875. The molecule has 1 heterocycles. The summed E-state index contributed by atoms with van der Waals surface area (Å²) >= 11 is 0. The molecule has 0 bridgehead atoms. The second kappa shape index (κ2) is 3.83. The van der Waals surface area contributed by atoms with E-state index in [1.165, 1.54) is 0 Å². The maximum absolute atomic E-state index is 11.1. The zero-order chi connectivity index (χ0) is 9.90. The lowest BCUT2D eigenvalue weighted by molar-refractivity contribution is -0.144. The van der Waals surface area contributed by atoms with E-state index in [1.54, 1.807) is 6.92 Å². The molecule has 0 aliphatic carbocycles. The van der Waals surface area contributed by atoms with Gasteiger partial charge in [0.1, 0.15) is 6.04 Å². The van der Waals surface area contributed by atoms with Crippen LogP contribution in [0.4, 0.5) is 0 Å². The van der Waals surface area contributed by atoms with Gasteiger partial charge < -0.3 is 10.5 Å². The second-order valence-electron chi connectivity index (χ2n) is 3.31. The first-order valence-corrected chi connectivity index (χ1v) is 4.44. The predicted molar refractivity (Wildman–Crippen MR) is 47.1 cm³/mol. The van der Waals surface area contributed by atoms with Crippen LogP contribution in [-0.2, 0) is 9.53 Å². The molecule has 0 fully saturated rings. The molecule has 0 amide bonds. The molecule has 0 aromatic rings. The standard InChI is InChI=1S/C8H15N3O2/c1-3-13-7(12)6(9)4-5-8(2)10-11-8/h6H,3-5,9H2,1-2H3. The minimum atomic E-state index is -0.539. The van der Waals surface area contributed by atoms with Crippen LogP contribution in [0.5, 0.6) is 0 Å². The van der Waals surface area contributed by atoms with Crippen molar-refractivity contribution < 1.29 is 9.53 Å². The lowest BCUT2D eigenvalue weighted by atomic mass is 10.1. The summed E-state index contributed by atoms with van der Waals surface area (Å²) in [4.78, 5) is 11.1. The molecule has 5 heteroatoms. The van der Waals surface area contributed by atoms with Crippen LogP contribution in [0.25, 0.3) is 0 Å². The molecule has 1 atom stereocenters. The normalized spacial score (nSPS) is 19.6. The molecule has 1 rings (SSSR count). The van der Waals surface area contributed by atoms with E-state index in [2.05, 4.69) is 10.2 Å². The Balaban J connectivity index is 2.16. The van der Waals surface area contributed by atoms with Gasteiger partial charge in [-0.2, -0.15) is 10.2 Å². The van der Waals surface area contributed by atoms with Crippen molar-refractivity contribution >= 4 is 5.97 Å². The van der Waals surface area contributed by atoms with Crippen LogP contribution in [0, 0.1) is 0 Å². The molecule has 1 aliphatic heterocycles. The molecule has 0 saturated heterocycles. The minimum Gasteiger partial charge on any atom is -0.465 e. The van der Waals surface area contributed by atoms with Gasteiger partial charge in [0, 0.05) is 0 Å². The fourth-order valence-electron chi connectivity index (χ4n) is 0.981. The molecule has 1 aliphatic rings. The zero-order valence-corrected chi connectivity index (χ0v) is 7.99. The number of ether oxygens (including phenoxy) is 1. The van der Waals surface area contributed by atoms with Crippen molar-refractivity contribution in [2.45, 2.75) is 38.4 Å². The van der Waals surface area contributed by atoms with Crippen molar-refractivity contribution in [1.29, 1.82) is 0 Å². The SMILES string of the molecule is CCOC(=O)C(N)CCC1(C)N=N1. The Morgan fingerprint density at radius 2 is 2.23 bits per heavy atom. The first kappa shape index (κ1) is 10.1. The van der Waals surface area contributed by atoms with E-state index in [4.69, 9.17) is 10.5 Å². The quantitative estimate of drug-likeness (QED) is 0.645. The highest BCUT2D eigenvalue weighted by atomic mass is 16.5. The van der Waals surface area contributed by atoms with Crippen molar-refractivity contribution in [2.24, 2.45) is 16.0 Å². The van der Waals surface area contributed by atoms with E-state index in [0.29, 0.717) is 19.4 Å². The van der Waals surface area contributed by atoms with Crippen molar-refractivity contribution in [3.8, 4) is 0 Å². The third kappa shape index (κ3) is 3.10. The van der Waals surface area contributed by atoms with Crippen molar-refractivity contribution in [2.75, 3.05) is 6.61 Å². The number of nitrogens with two attached hydrogens (primary N) is 1. The van der Waals surface area contributed by atoms with Crippen molar-refractivity contribution in [3.05, 3.63) is 0 Å². The molecule has 0 aromatic heterocycles. The van der Waals surface area contributed by atoms with Gasteiger partial charge in [0.2, 0.25) is 0 Å². The van der Waals surface area contributed by atoms with Crippen LogP contribution in [0.15, 0.2) is 10.2 Å². The number of esters is 1. The molecule has 74 valence electrons. The molecule has 5 nitrogen and oxygen atoms in total. The zero-order valence-electron chi connectivity index (χ0n) is 7.99. The Hall–Kier alpha value is -0.970. The third-order valence-corrected chi connectivity index (χ3v) is 1.96. The van der Waals surface area contributed by atoms with Crippen LogP contribution < -0.4 is 5.73 Å². The maximum Gasteiger partial charge on any atom is 0.322 e. The Morgan fingerprint density at radius 1 is 1.62 bits per heavy atom. The van der Waals surface area contributed by atoms with Gasteiger partial charge in [-0.25, -0.2) is 0 Å². The van der Waals surface area contributed by atoms with E-state index in [1.807, 2.05) is 6.92 Å². The molecular weight excluding hydrogens is 170 g/mol. The Morgan fingerprint density at radius 3 is 2.69 bits per heavy atom. The summed E-state index contributed by atoms with van der Waals surface area (Å²) in [5.74, 6) is -0.341. The van der Waals surface area contributed by atoms with Crippen molar-refractivity contribution in [1.82, 2.24) is 0 Å². The number of rotatable bonds is 5. The molecule has 2 N–H and O–H groups in total. The molecular formula is C8H15N3O2. The number of hydrogen-bond acceptors (Lipinski definition) is 5. The maximum atomic E-state index is 11.1. The summed E-state index contributed by atoms with van der Waals surface area (Å²) in [6, 6.07) is -0.539. The summed E-state index contributed by atoms with van der Waals surface area (Å²) in [7, 11) is 0. The van der Waals surface area contributed by atoms with Gasteiger partial charge in [0.15, 0.2) is 5.66 Å². The number of nitrogens with zero attached hydrogens (tertiary/aromatic N) is 2. The van der Waals surface area contributed by atoms with Gasteiger partial charge in [-0.1, -0.05) is 0 Å². The first-order valence-electron chi connectivity index (χ1n) is 4.44. The molecule has 0 saturated carbocycles. The average molecular weight is 185 g/mol. The Bertz CT molecular complexity index is 221. The van der Waals surface area contributed by atoms with E-state index in [9.17, 15) is 4.79 Å². The summed E-state index contributed by atoms with van der Waals surface area (Å²) in [6.07, 6.45) is 1.29. The van der Waals surface area contributed by atoms with Crippen LogP contribution >= 0.6 is 0 Å². The number of carbonyl (C=O) groups excluding carboxylic acids is 1. The lowest BCUT2D eigenvalue weighted by Gasteiger charge is -2.10. The number of hydrogen-bond donors (Lipinski definition) is 1. The van der Waals surface area contributed by atoms with Gasteiger partial charge in [0.05, 0.1) is 6.61 Å². The van der Waals surface area contributed by atoms with E-state index in [-0.39, 0.29) is 11.6 Å². The van der Waals surface area contributed by atoms with Gasteiger partial charge in [-0.05, 0) is 26.7 Å². The van der Waals surface area contributed by atoms with Gasteiger partial charge >= 0.3 is 5.97 Å². The van der Waals surface area contributed by atoms with E-state index < -0.39 is 6.04 Å². The smallest absolute Gasteiger partial charge is 0.322 e. The molecule has 13 heavy (non-hydrogen) atoms. The largest absolute Gasteiger partial charge is 0.465 e. The molecule has 1 unspecified atom stereocenters. The highest BCUT2D eigenvalue weighted by molar-refractivity contribution is 5.75. The summed E-state index contributed by atoms with van der Waals surface area (Å²) in [5, 5.41) is 7.66. The molecule has 0 aromatic carbocycles. The summed E-state index contributed by atoms with van der Waals surface area (Å²) in [6.45, 7) is 4.04. The monoisotopic (exact) mass is 185 g/mol. The third-order valence-electron chi connectivity index (χ3n) is 1.96. The highest BCUT2D eigenvalue weighted by Crippen LogP contribution is 2.32. The predicted octanol–water partition coefficient (Wildman–Crippen LogP) is 0.839. The van der Waals surface area contributed by atoms with E-state index in [0.717, 1.165) is 0 Å². The number of carbonyl (C=O) groups is 1. The fourth-order valence-corrected chi connectivity index (χ4v) is 0.981. The van der Waals surface area contributed by atoms with Crippen LogP contribution in [-0.4, -0.2) is 24.3 Å². The van der Waals surface area contributed by atoms with Crippen LogP contribution in [0.1, 0.15) is 26.7 Å². The summed E-state index contributed by atoms with van der Waals surface area (Å²) in [5.41, 5.74) is 5.31. The lowest BCUT2D eigenvalue weighted by Crippen LogP contribution is -2.33. The van der Waals surface area contributed by atoms with Gasteiger partial charge in [-0.3, -0.25) is 4.79 Å². The average Bonchev–Trinajstić information content (AvgIpc) is 2.81. The molecule has 0 spiro atoms. The Labute approximate surface area is 77.3 Å². The van der Waals surface area contributed by atoms with Gasteiger partial charge in [-0.15, -0.1) is 0 Å². The minimum absolute atomic E-state index is 0.274. The second-order valence-corrected chi connectivity index (χ2v) is 3.31. The molecule has 0 radical (unpaired) electrons. The highest BCUT2D eigenvalue weighted by Gasteiger charge is 2.34. The van der Waals surface area contributed by atoms with E-state index >= 15 is 0 Å². The topological polar surface area (TPSA) is 77.0 Å². The van der Waals surface area contributed by atoms with Crippen LogP contribution in [0.3, 0.4) is 0 Å². The van der Waals surface area contributed by atoms with Crippen molar-refractivity contribution in [3.63, 3.8) is 0 Å². The Kier molecular flexibility index (Phi) is 2.98. The van der Waals surface area contributed by atoms with Gasteiger partial charge in [0.25, 0.3) is 0 Å². The first-order chi connectivity index (χ1) is 6.07. The van der Waals surface area contributed by atoms with Crippen LogP contribution in [0.2, 0.25) is 0 Å². The summed E-state index contributed by atoms with van der Waals surface area (Å²) < 4.78 is 4.76.